The largest absolute Gasteiger partial charge is 0.0905 e. The van der Waals surface area contributed by atoms with E-state index in [4.69, 9.17) is 0 Å². The summed E-state index contributed by atoms with van der Waals surface area (Å²) in [6.45, 7) is 6.42. The van der Waals surface area contributed by atoms with Crippen molar-refractivity contribution in [3.05, 3.63) is 64.1 Å². The van der Waals surface area contributed by atoms with Crippen LogP contribution in [0.2, 0.25) is 0 Å². The summed E-state index contributed by atoms with van der Waals surface area (Å²) in [6.07, 6.45) is 9.86. The van der Waals surface area contributed by atoms with Gasteiger partial charge < -0.3 is 0 Å². The number of benzene rings is 2. The lowest BCUT2D eigenvalue weighted by Gasteiger charge is -2.05. The first-order valence-electron chi connectivity index (χ1n) is 6.31. The van der Waals surface area contributed by atoms with Crippen molar-refractivity contribution in [1.82, 2.24) is 0 Å². The van der Waals surface area contributed by atoms with Crippen LogP contribution >= 0.6 is 0 Å². The molecular formula is C18H16. The fourth-order valence-corrected chi connectivity index (χ4v) is 2.53. The number of rotatable bonds is 0. The fourth-order valence-electron chi connectivity index (χ4n) is 2.53. The summed E-state index contributed by atoms with van der Waals surface area (Å²) >= 11 is 0. The van der Waals surface area contributed by atoms with E-state index in [0.29, 0.717) is 0 Å². The third-order valence-corrected chi connectivity index (χ3v) is 3.48. The van der Waals surface area contributed by atoms with Gasteiger partial charge in [0.25, 0.3) is 0 Å². The maximum Gasteiger partial charge on any atom is -0.00389 e. The second-order valence-corrected chi connectivity index (χ2v) is 4.81. The minimum absolute atomic E-state index is 0.982. The lowest BCUT2D eigenvalue weighted by atomic mass is 9.99. The molecule has 1 aliphatic rings. The van der Waals surface area contributed by atoms with Crippen LogP contribution in [0.25, 0.3) is 29.5 Å². The summed E-state index contributed by atoms with van der Waals surface area (Å²) in [5.41, 5.74) is 2.56. The molecule has 2 bridgehead atoms. The van der Waals surface area contributed by atoms with Gasteiger partial charge in [-0.1, -0.05) is 66.8 Å². The molecule has 0 heteroatoms. The van der Waals surface area contributed by atoms with E-state index in [2.05, 4.69) is 68.1 Å². The van der Waals surface area contributed by atoms with Crippen molar-refractivity contribution in [2.75, 3.05) is 0 Å². The minimum atomic E-state index is 0.982. The average Bonchev–Trinajstić information content (AvgIpc) is 2.37. The highest BCUT2D eigenvalue weighted by Crippen LogP contribution is 2.16. The summed E-state index contributed by atoms with van der Waals surface area (Å²) in [7, 11) is 0. The van der Waals surface area contributed by atoms with Crippen molar-refractivity contribution in [1.29, 1.82) is 0 Å². The molecule has 0 unspecified atom stereocenters. The SMILES string of the molecule is C=c1\c2ccc3cccc(c13)/C=C\C/C=C(C)\C=2. The zero-order valence-electron chi connectivity index (χ0n) is 10.6. The Kier molecular flexibility index (Phi) is 2.64. The maximum absolute atomic E-state index is 4.28. The second kappa shape index (κ2) is 4.30. The van der Waals surface area contributed by atoms with E-state index < -0.39 is 0 Å². The van der Waals surface area contributed by atoms with Gasteiger partial charge in [-0.05, 0) is 40.1 Å². The Bertz CT molecular complexity index is 774. The number of allylic oxidation sites excluding steroid dienone is 3. The zero-order chi connectivity index (χ0) is 12.5. The smallest absolute Gasteiger partial charge is 0.00389 e. The van der Waals surface area contributed by atoms with Gasteiger partial charge in [-0.3, -0.25) is 0 Å². The molecule has 0 nitrogen and oxygen atoms in total. The lowest BCUT2D eigenvalue weighted by Crippen LogP contribution is -2.24. The van der Waals surface area contributed by atoms with Crippen molar-refractivity contribution >= 4 is 29.5 Å². The molecule has 0 N–H and O–H groups in total. The van der Waals surface area contributed by atoms with Gasteiger partial charge in [-0.25, -0.2) is 0 Å². The third kappa shape index (κ3) is 1.80. The average molecular weight is 232 g/mol. The Morgan fingerprint density at radius 3 is 2.89 bits per heavy atom. The van der Waals surface area contributed by atoms with Crippen molar-refractivity contribution in [2.45, 2.75) is 13.3 Å². The van der Waals surface area contributed by atoms with E-state index >= 15 is 0 Å². The molecule has 0 amide bonds. The summed E-state index contributed by atoms with van der Waals surface area (Å²) in [6, 6.07) is 10.8. The fraction of sp³-hybridized carbons (Fsp3) is 0.111. The van der Waals surface area contributed by atoms with Crippen molar-refractivity contribution < 1.29 is 0 Å². The molecule has 0 spiro atoms. The number of hydrogen-bond donors (Lipinski definition) is 0. The predicted octanol–water partition coefficient (Wildman–Crippen LogP) is 3.39. The highest BCUT2D eigenvalue weighted by atomic mass is 14.0. The van der Waals surface area contributed by atoms with E-state index in [0.717, 1.165) is 11.6 Å². The first-order chi connectivity index (χ1) is 8.75. The Morgan fingerprint density at radius 1 is 1.11 bits per heavy atom. The summed E-state index contributed by atoms with van der Waals surface area (Å²) < 4.78 is 0. The van der Waals surface area contributed by atoms with Crippen LogP contribution in [0.1, 0.15) is 18.9 Å². The lowest BCUT2D eigenvalue weighted by molar-refractivity contribution is 1.35. The predicted molar refractivity (Wildman–Crippen MR) is 80.6 cm³/mol. The molecular weight excluding hydrogens is 216 g/mol. The number of fused-ring (bicyclic) bond motifs is 1. The van der Waals surface area contributed by atoms with Crippen LogP contribution in [0.15, 0.2) is 48.1 Å². The molecule has 0 fully saturated rings. The van der Waals surface area contributed by atoms with Crippen LogP contribution in [-0.2, 0) is 0 Å². The molecule has 0 aromatic heterocycles. The van der Waals surface area contributed by atoms with Gasteiger partial charge in [0.2, 0.25) is 0 Å². The van der Waals surface area contributed by atoms with Crippen molar-refractivity contribution in [2.24, 2.45) is 0 Å². The first kappa shape index (κ1) is 11.0. The monoisotopic (exact) mass is 232 g/mol. The maximum atomic E-state index is 4.28. The summed E-state index contributed by atoms with van der Waals surface area (Å²) in [4.78, 5) is 0. The molecule has 1 aliphatic carbocycles. The number of hydrogen-bond acceptors (Lipinski definition) is 0. The zero-order valence-corrected chi connectivity index (χ0v) is 10.6. The minimum Gasteiger partial charge on any atom is -0.0905 e. The standard InChI is InChI=1S/C18H16/c1-13-6-3-4-7-15-8-5-9-16-10-11-17(12-13)14(2)18(15)16/h4-12H,2-3H2,1H3/b7-4-,13-6-,17-12-. The topological polar surface area (TPSA) is 0 Å². The molecule has 3 rings (SSSR count). The van der Waals surface area contributed by atoms with E-state index in [9.17, 15) is 0 Å². The van der Waals surface area contributed by atoms with Gasteiger partial charge in [0, 0.05) is 0 Å². The molecule has 0 atom stereocenters. The molecule has 88 valence electrons. The van der Waals surface area contributed by atoms with Crippen LogP contribution in [0, 0.1) is 0 Å². The highest BCUT2D eigenvalue weighted by Gasteiger charge is 2.00. The Labute approximate surface area is 107 Å². The molecule has 0 saturated carbocycles. The Balaban J connectivity index is 2.54. The summed E-state index contributed by atoms with van der Waals surface area (Å²) in [5.74, 6) is 0. The van der Waals surface area contributed by atoms with Crippen LogP contribution in [-0.4, -0.2) is 0 Å². The van der Waals surface area contributed by atoms with Crippen LogP contribution in [0.5, 0.6) is 0 Å². The summed E-state index contributed by atoms with van der Waals surface area (Å²) in [5, 5.41) is 4.89. The molecule has 0 radical (unpaired) electrons. The molecule has 18 heavy (non-hydrogen) atoms. The van der Waals surface area contributed by atoms with E-state index in [1.165, 1.54) is 27.1 Å². The quantitative estimate of drug-likeness (QED) is 0.653. The van der Waals surface area contributed by atoms with Crippen molar-refractivity contribution in [3.8, 4) is 0 Å². The third-order valence-electron chi connectivity index (χ3n) is 3.48. The molecule has 2 aromatic rings. The second-order valence-electron chi connectivity index (χ2n) is 4.81. The van der Waals surface area contributed by atoms with E-state index in [1.807, 2.05) is 0 Å². The van der Waals surface area contributed by atoms with Crippen LogP contribution in [0.3, 0.4) is 0 Å². The van der Waals surface area contributed by atoms with Gasteiger partial charge in [0.05, 0.1) is 0 Å². The Morgan fingerprint density at radius 2 is 2.00 bits per heavy atom. The van der Waals surface area contributed by atoms with Gasteiger partial charge >= 0.3 is 0 Å². The van der Waals surface area contributed by atoms with Crippen molar-refractivity contribution in [3.63, 3.8) is 0 Å². The highest BCUT2D eigenvalue weighted by molar-refractivity contribution is 5.91. The molecule has 0 aliphatic heterocycles. The van der Waals surface area contributed by atoms with Gasteiger partial charge in [-0.15, -0.1) is 0 Å². The molecule has 0 saturated heterocycles. The van der Waals surface area contributed by atoms with Crippen LogP contribution in [0.4, 0.5) is 0 Å². The molecule has 2 aromatic carbocycles. The van der Waals surface area contributed by atoms with Gasteiger partial charge in [0.1, 0.15) is 0 Å². The van der Waals surface area contributed by atoms with E-state index in [1.54, 1.807) is 0 Å². The Hall–Kier alpha value is -2.08. The van der Waals surface area contributed by atoms with Gasteiger partial charge in [-0.2, -0.15) is 0 Å². The first-order valence-corrected chi connectivity index (χ1v) is 6.31. The van der Waals surface area contributed by atoms with Gasteiger partial charge in [0.15, 0.2) is 0 Å². The molecule has 0 heterocycles. The normalized spacial score (nSPS) is 20.9. The van der Waals surface area contributed by atoms with E-state index in [-0.39, 0.29) is 0 Å². The van der Waals surface area contributed by atoms with Crippen LogP contribution < -0.4 is 10.4 Å².